The molecule has 1 rings (SSSR count). The Morgan fingerprint density at radius 2 is 2.00 bits per heavy atom. The van der Waals surface area contributed by atoms with Crippen LogP contribution in [0.5, 0.6) is 0 Å². The average Bonchev–Trinajstić information content (AvgIpc) is 2.48. The minimum atomic E-state index is 0.757. The molecule has 0 atom stereocenters. The highest BCUT2D eigenvalue weighted by Crippen LogP contribution is 2.07. The van der Waals surface area contributed by atoms with E-state index in [-0.39, 0.29) is 0 Å². The Kier molecular flexibility index (Phi) is 3.31. The van der Waals surface area contributed by atoms with Crippen molar-refractivity contribution in [1.82, 2.24) is 10.4 Å². The maximum atomic E-state index is 5.49. The average molecular weight is 168 g/mol. The van der Waals surface area contributed by atoms with Gasteiger partial charge in [-0.1, -0.05) is 6.92 Å². The third kappa shape index (κ3) is 2.68. The first-order valence-electron chi connectivity index (χ1n) is 4.20. The predicted molar refractivity (Wildman–Crippen MR) is 48.6 cm³/mol. The third-order valence-electron chi connectivity index (χ3n) is 1.64. The van der Waals surface area contributed by atoms with Crippen LogP contribution in [0.15, 0.2) is 16.5 Å². The molecule has 0 aliphatic rings. The van der Waals surface area contributed by atoms with E-state index in [1.54, 1.807) is 0 Å². The Morgan fingerprint density at radius 1 is 1.33 bits per heavy atom. The molecule has 0 amide bonds. The molecule has 12 heavy (non-hydrogen) atoms. The number of nitrogens with zero attached hydrogens (tertiary/aromatic N) is 1. The van der Waals surface area contributed by atoms with Crippen LogP contribution in [0.3, 0.4) is 0 Å². The predicted octanol–water partition coefficient (Wildman–Crippen LogP) is 1.41. The summed E-state index contributed by atoms with van der Waals surface area (Å²) in [6.07, 6.45) is 0.960. The molecule has 1 N–H and O–H groups in total. The fourth-order valence-electron chi connectivity index (χ4n) is 0.943. The van der Waals surface area contributed by atoms with E-state index in [0.717, 1.165) is 24.5 Å². The Balaban J connectivity index is 2.41. The van der Waals surface area contributed by atoms with E-state index in [1.165, 1.54) is 0 Å². The molecule has 68 valence electrons. The van der Waals surface area contributed by atoms with Crippen molar-refractivity contribution >= 4 is 0 Å². The summed E-state index contributed by atoms with van der Waals surface area (Å²) in [7, 11) is 3.92. The number of hydrogen-bond acceptors (Lipinski definition) is 3. The summed E-state index contributed by atoms with van der Waals surface area (Å²) in [5.41, 5.74) is 3.14. The summed E-state index contributed by atoms with van der Waals surface area (Å²) in [5.74, 6) is 2.03. The van der Waals surface area contributed by atoms with Crippen LogP contribution in [0.1, 0.15) is 18.4 Å². The molecule has 0 aliphatic heterocycles. The summed E-state index contributed by atoms with van der Waals surface area (Å²) in [6, 6.07) is 4.03. The van der Waals surface area contributed by atoms with Crippen LogP contribution in [0.2, 0.25) is 0 Å². The van der Waals surface area contributed by atoms with Crippen molar-refractivity contribution in [3.63, 3.8) is 0 Å². The lowest BCUT2D eigenvalue weighted by molar-refractivity contribution is 0.270. The van der Waals surface area contributed by atoms with E-state index < -0.39 is 0 Å². The van der Waals surface area contributed by atoms with Gasteiger partial charge in [0, 0.05) is 20.5 Å². The van der Waals surface area contributed by atoms with Crippen molar-refractivity contribution in [3.05, 3.63) is 23.7 Å². The summed E-state index contributed by atoms with van der Waals surface area (Å²) < 4.78 is 5.49. The van der Waals surface area contributed by atoms with Crippen LogP contribution in [0, 0.1) is 0 Å². The first-order valence-corrected chi connectivity index (χ1v) is 4.20. The van der Waals surface area contributed by atoms with Gasteiger partial charge in [-0.2, -0.15) is 0 Å². The largest absolute Gasteiger partial charge is 0.465 e. The highest BCUT2D eigenvalue weighted by Gasteiger charge is 1.99. The van der Waals surface area contributed by atoms with Crippen molar-refractivity contribution in [2.45, 2.75) is 19.9 Å². The maximum absolute atomic E-state index is 5.49. The molecule has 1 aromatic rings. The van der Waals surface area contributed by atoms with E-state index in [2.05, 4.69) is 12.3 Å². The van der Waals surface area contributed by atoms with Crippen LogP contribution < -0.4 is 5.43 Å². The van der Waals surface area contributed by atoms with Crippen molar-refractivity contribution in [3.8, 4) is 0 Å². The van der Waals surface area contributed by atoms with Gasteiger partial charge in [0.1, 0.15) is 11.5 Å². The van der Waals surface area contributed by atoms with Gasteiger partial charge in [-0.25, -0.2) is 5.43 Å². The molecule has 0 spiro atoms. The molecule has 0 saturated carbocycles. The van der Waals surface area contributed by atoms with Crippen LogP contribution >= 0.6 is 0 Å². The Hall–Kier alpha value is -0.800. The summed E-state index contributed by atoms with van der Waals surface area (Å²) in [5, 5.41) is 1.91. The molecular formula is C9H16N2O. The minimum absolute atomic E-state index is 0.757. The Labute approximate surface area is 73.3 Å². The lowest BCUT2D eigenvalue weighted by atomic mass is 10.3. The van der Waals surface area contributed by atoms with Gasteiger partial charge in [0.15, 0.2) is 0 Å². The second-order valence-electron chi connectivity index (χ2n) is 2.95. The SMILES string of the molecule is CCc1ccc(CNN(C)C)o1. The highest BCUT2D eigenvalue weighted by atomic mass is 16.3. The standard InChI is InChI=1S/C9H16N2O/c1-4-8-5-6-9(12-8)7-10-11(2)3/h5-6,10H,4,7H2,1-3H3. The first-order chi connectivity index (χ1) is 5.72. The van der Waals surface area contributed by atoms with Crippen LogP contribution in [-0.4, -0.2) is 19.1 Å². The normalized spacial score (nSPS) is 11.0. The van der Waals surface area contributed by atoms with Crippen molar-refractivity contribution < 1.29 is 4.42 Å². The molecule has 0 bridgehead atoms. The van der Waals surface area contributed by atoms with Gasteiger partial charge < -0.3 is 4.42 Å². The van der Waals surface area contributed by atoms with E-state index in [9.17, 15) is 0 Å². The number of hydrogen-bond donors (Lipinski definition) is 1. The summed E-state index contributed by atoms with van der Waals surface area (Å²) >= 11 is 0. The topological polar surface area (TPSA) is 28.4 Å². The zero-order valence-corrected chi connectivity index (χ0v) is 7.92. The number of aryl methyl sites for hydroxylation is 1. The van der Waals surface area contributed by atoms with E-state index in [4.69, 9.17) is 4.42 Å². The molecule has 0 radical (unpaired) electrons. The lowest BCUT2D eigenvalue weighted by Gasteiger charge is -2.09. The van der Waals surface area contributed by atoms with E-state index in [0.29, 0.717) is 0 Å². The first kappa shape index (κ1) is 9.29. The molecule has 3 nitrogen and oxygen atoms in total. The zero-order valence-electron chi connectivity index (χ0n) is 7.92. The monoisotopic (exact) mass is 168 g/mol. The van der Waals surface area contributed by atoms with E-state index >= 15 is 0 Å². The van der Waals surface area contributed by atoms with Crippen LogP contribution in [-0.2, 0) is 13.0 Å². The lowest BCUT2D eigenvalue weighted by Crippen LogP contribution is -2.29. The van der Waals surface area contributed by atoms with Gasteiger partial charge in [-0.3, -0.25) is 5.01 Å². The van der Waals surface area contributed by atoms with Gasteiger partial charge in [-0.15, -0.1) is 0 Å². The van der Waals surface area contributed by atoms with Gasteiger partial charge in [0.05, 0.1) is 6.54 Å². The molecule has 0 aromatic carbocycles. The minimum Gasteiger partial charge on any atom is -0.465 e. The van der Waals surface area contributed by atoms with Crippen molar-refractivity contribution in [2.24, 2.45) is 0 Å². The molecule has 3 heteroatoms. The molecule has 0 aliphatic carbocycles. The zero-order chi connectivity index (χ0) is 8.97. The second-order valence-corrected chi connectivity index (χ2v) is 2.95. The summed E-state index contributed by atoms with van der Waals surface area (Å²) in [6.45, 7) is 2.84. The molecular weight excluding hydrogens is 152 g/mol. The van der Waals surface area contributed by atoms with Gasteiger partial charge in [0.2, 0.25) is 0 Å². The van der Waals surface area contributed by atoms with Crippen molar-refractivity contribution in [2.75, 3.05) is 14.1 Å². The molecule has 1 aromatic heterocycles. The maximum Gasteiger partial charge on any atom is 0.119 e. The number of rotatable bonds is 4. The molecule has 0 saturated heterocycles. The third-order valence-corrected chi connectivity index (χ3v) is 1.64. The summed E-state index contributed by atoms with van der Waals surface area (Å²) in [4.78, 5) is 0. The highest BCUT2D eigenvalue weighted by molar-refractivity contribution is 5.06. The van der Waals surface area contributed by atoms with Gasteiger partial charge in [-0.05, 0) is 12.1 Å². The molecule has 0 fully saturated rings. The van der Waals surface area contributed by atoms with Gasteiger partial charge >= 0.3 is 0 Å². The van der Waals surface area contributed by atoms with Crippen LogP contribution in [0.25, 0.3) is 0 Å². The Morgan fingerprint density at radius 3 is 2.50 bits per heavy atom. The number of nitrogens with one attached hydrogen (secondary N) is 1. The fourth-order valence-corrected chi connectivity index (χ4v) is 0.943. The van der Waals surface area contributed by atoms with Crippen molar-refractivity contribution in [1.29, 1.82) is 0 Å². The number of hydrazine groups is 1. The smallest absolute Gasteiger partial charge is 0.119 e. The molecule has 0 unspecified atom stereocenters. The van der Waals surface area contributed by atoms with Gasteiger partial charge in [0.25, 0.3) is 0 Å². The quantitative estimate of drug-likeness (QED) is 0.689. The fraction of sp³-hybridized carbons (Fsp3) is 0.556. The second kappa shape index (κ2) is 4.28. The van der Waals surface area contributed by atoms with E-state index in [1.807, 2.05) is 31.2 Å². The molecule has 1 heterocycles. The van der Waals surface area contributed by atoms with Crippen LogP contribution in [0.4, 0.5) is 0 Å². The number of furan rings is 1. The Bertz CT molecular complexity index is 230.